The second-order valence-electron chi connectivity index (χ2n) is 4.62. The number of benzene rings is 1. The Hall–Kier alpha value is -1.62. The molecule has 4 N–H and O–H groups in total. The van der Waals surface area contributed by atoms with E-state index in [1.165, 1.54) is 0 Å². The van der Waals surface area contributed by atoms with Crippen molar-refractivity contribution in [1.82, 2.24) is 0 Å². The molecule has 0 aliphatic carbocycles. The number of aryl methyl sites for hydroxylation is 1. The molecule has 1 unspecified atom stereocenters. The second kappa shape index (κ2) is 4.94. The predicted molar refractivity (Wildman–Crippen MR) is 76.6 cm³/mol. The second-order valence-corrected chi connectivity index (χ2v) is 5.06. The van der Waals surface area contributed by atoms with E-state index in [0.717, 1.165) is 36.2 Å². The number of hydrogen-bond donors (Lipinski definition) is 2. The Kier molecular flexibility index (Phi) is 3.52. The molecule has 2 rings (SSSR count). The van der Waals surface area contributed by atoms with Crippen LogP contribution in [0.25, 0.3) is 0 Å². The highest BCUT2D eigenvalue weighted by Gasteiger charge is 2.29. The van der Waals surface area contributed by atoms with Crippen LogP contribution >= 0.6 is 12.2 Å². The molecular formula is C13H17N3OS. The Labute approximate surface area is 112 Å². The summed E-state index contributed by atoms with van der Waals surface area (Å²) < 4.78 is 0. The summed E-state index contributed by atoms with van der Waals surface area (Å²) in [5, 5.41) is 0. The first-order valence-electron chi connectivity index (χ1n) is 5.97. The molecule has 1 heterocycles. The molecule has 1 amide bonds. The smallest absolute Gasteiger partial charge is 0.240 e. The number of amides is 1. The van der Waals surface area contributed by atoms with Crippen molar-refractivity contribution in [3.63, 3.8) is 0 Å². The van der Waals surface area contributed by atoms with Crippen LogP contribution in [0.4, 0.5) is 5.69 Å². The van der Waals surface area contributed by atoms with Crippen LogP contribution in [0.1, 0.15) is 24.0 Å². The van der Waals surface area contributed by atoms with Gasteiger partial charge in [-0.3, -0.25) is 4.79 Å². The zero-order chi connectivity index (χ0) is 13.3. The van der Waals surface area contributed by atoms with Crippen LogP contribution in [0.5, 0.6) is 0 Å². The van der Waals surface area contributed by atoms with Gasteiger partial charge in [0.15, 0.2) is 0 Å². The van der Waals surface area contributed by atoms with Crippen molar-refractivity contribution in [1.29, 1.82) is 0 Å². The molecule has 1 aliphatic rings. The Morgan fingerprint density at radius 2 is 2.17 bits per heavy atom. The van der Waals surface area contributed by atoms with Gasteiger partial charge in [0.05, 0.1) is 0 Å². The molecule has 18 heavy (non-hydrogen) atoms. The molecule has 5 heteroatoms. The number of rotatable bonds is 3. The Bertz CT molecular complexity index is 501. The third-order valence-electron chi connectivity index (χ3n) is 3.37. The summed E-state index contributed by atoms with van der Waals surface area (Å²) in [7, 11) is 0. The van der Waals surface area contributed by atoms with Crippen LogP contribution < -0.4 is 16.4 Å². The average Bonchev–Trinajstić information content (AvgIpc) is 2.77. The molecule has 0 saturated carbocycles. The van der Waals surface area contributed by atoms with E-state index < -0.39 is 0 Å². The summed E-state index contributed by atoms with van der Waals surface area (Å²) >= 11 is 4.95. The number of carbonyl (C=O) groups is 1. The van der Waals surface area contributed by atoms with Gasteiger partial charge in [0.25, 0.3) is 0 Å². The average molecular weight is 263 g/mol. The molecule has 1 saturated heterocycles. The van der Waals surface area contributed by atoms with E-state index in [0.29, 0.717) is 4.99 Å². The number of primary amides is 1. The van der Waals surface area contributed by atoms with E-state index in [1.54, 1.807) is 0 Å². The molecule has 0 aromatic heterocycles. The summed E-state index contributed by atoms with van der Waals surface area (Å²) in [5.41, 5.74) is 14.0. The molecule has 0 bridgehead atoms. The summed E-state index contributed by atoms with van der Waals surface area (Å²) in [6.45, 7) is 2.86. The van der Waals surface area contributed by atoms with Gasteiger partial charge in [0.1, 0.15) is 11.0 Å². The zero-order valence-corrected chi connectivity index (χ0v) is 11.2. The van der Waals surface area contributed by atoms with E-state index in [4.69, 9.17) is 23.7 Å². The zero-order valence-electron chi connectivity index (χ0n) is 10.3. The SMILES string of the molecule is Cc1cc(C(N)=S)ccc1N1CCCC1C(N)=O. The van der Waals surface area contributed by atoms with Gasteiger partial charge in [-0.25, -0.2) is 0 Å². The van der Waals surface area contributed by atoms with E-state index in [2.05, 4.69) is 4.90 Å². The molecular weight excluding hydrogens is 246 g/mol. The first-order valence-corrected chi connectivity index (χ1v) is 6.38. The van der Waals surface area contributed by atoms with Crippen molar-refractivity contribution < 1.29 is 4.79 Å². The van der Waals surface area contributed by atoms with Crippen LogP contribution in [0.15, 0.2) is 18.2 Å². The third-order valence-corrected chi connectivity index (χ3v) is 3.61. The van der Waals surface area contributed by atoms with Gasteiger partial charge < -0.3 is 16.4 Å². The highest BCUT2D eigenvalue weighted by atomic mass is 32.1. The van der Waals surface area contributed by atoms with Gasteiger partial charge in [-0.2, -0.15) is 0 Å². The lowest BCUT2D eigenvalue weighted by Crippen LogP contribution is -2.40. The van der Waals surface area contributed by atoms with E-state index in [-0.39, 0.29) is 11.9 Å². The quantitative estimate of drug-likeness (QED) is 0.801. The lowest BCUT2D eigenvalue weighted by Gasteiger charge is -2.26. The first-order chi connectivity index (χ1) is 8.50. The minimum Gasteiger partial charge on any atom is -0.389 e. The maximum atomic E-state index is 11.4. The normalized spacial score (nSPS) is 18.9. The number of nitrogens with two attached hydrogens (primary N) is 2. The Morgan fingerprint density at radius 3 is 2.72 bits per heavy atom. The Balaban J connectivity index is 2.33. The molecule has 96 valence electrons. The standard InChI is InChI=1S/C13H17N3OS/c1-8-7-9(13(15)18)4-5-10(8)16-6-2-3-11(16)12(14)17/h4-5,7,11H,2-3,6H2,1H3,(H2,14,17)(H2,15,18). The molecule has 0 radical (unpaired) electrons. The van der Waals surface area contributed by atoms with Gasteiger partial charge in [-0.1, -0.05) is 12.2 Å². The van der Waals surface area contributed by atoms with Crippen molar-refractivity contribution in [3.05, 3.63) is 29.3 Å². The van der Waals surface area contributed by atoms with E-state index >= 15 is 0 Å². The monoisotopic (exact) mass is 263 g/mol. The number of nitrogens with zero attached hydrogens (tertiary/aromatic N) is 1. The fourth-order valence-corrected chi connectivity index (χ4v) is 2.61. The molecule has 1 atom stereocenters. The van der Waals surface area contributed by atoms with Gasteiger partial charge in [0.2, 0.25) is 5.91 Å². The maximum absolute atomic E-state index is 11.4. The van der Waals surface area contributed by atoms with E-state index in [1.807, 2.05) is 25.1 Å². The van der Waals surface area contributed by atoms with Crippen molar-refractivity contribution in [3.8, 4) is 0 Å². The van der Waals surface area contributed by atoms with Crippen molar-refractivity contribution in [2.45, 2.75) is 25.8 Å². The predicted octanol–water partition coefficient (Wildman–Crippen LogP) is 1.08. The largest absolute Gasteiger partial charge is 0.389 e. The number of anilines is 1. The van der Waals surface area contributed by atoms with E-state index in [9.17, 15) is 4.79 Å². The van der Waals surface area contributed by atoms with Gasteiger partial charge >= 0.3 is 0 Å². The molecule has 1 aliphatic heterocycles. The van der Waals surface area contributed by atoms with Crippen molar-refractivity contribution >= 4 is 28.8 Å². The first kappa shape index (κ1) is 12.8. The maximum Gasteiger partial charge on any atom is 0.240 e. The van der Waals surface area contributed by atoms with Gasteiger partial charge in [0, 0.05) is 17.8 Å². The lowest BCUT2D eigenvalue weighted by molar-refractivity contribution is -0.119. The summed E-state index contributed by atoms with van der Waals surface area (Å²) in [6, 6.07) is 5.61. The molecule has 1 aromatic rings. The van der Waals surface area contributed by atoms with Crippen LogP contribution in [-0.2, 0) is 4.79 Å². The third kappa shape index (κ3) is 2.31. The fourth-order valence-electron chi connectivity index (χ4n) is 2.48. The highest BCUT2D eigenvalue weighted by molar-refractivity contribution is 7.80. The fraction of sp³-hybridized carbons (Fsp3) is 0.385. The van der Waals surface area contributed by atoms with Crippen molar-refractivity contribution in [2.75, 3.05) is 11.4 Å². The van der Waals surface area contributed by atoms with Crippen LogP contribution in [0.2, 0.25) is 0 Å². The number of carbonyl (C=O) groups excluding carboxylic acids is 1. The molecule has 1 aromatic carbocycles. The molecule has 1 fully saturated rings. The minimum atomic E-state index is -0.259. The highest BCUT2D eigenvalue weighted by Crippen LogP contribution is 2.28. The summed E-state index contributed by atoms with van der Waals surface area (Å²) in [5.74, 6) is -0.259. The number of thiocarbonyl (C=S) groups is 1. The summed E-state index contributed by atoms with van der Waals surface area (Å²) in [4.78, 5) is 13.9. The summed E-state index contributed by atoms with van der Waals surface area (Å²) in [6.07, 6.45) is 1.82. The number of hydrogen-bond acceptors (Lipinski definition) is 3. The van der Waals surface area contributed by atoms with Crippen molar-refractivity contribution in [2.24, 2.45) is 11.5 Å². The lowest BCUT2D eigenvalue weighted by atomic mass is 10.1. The minimum absolute atomic E-state index is 0.195. The Morgan fingerprint density at radius 1 is 1.44 bits per heavy atom. The molecule has 0 spiro atoms. The van der Waals surface area contributed by atoms with Gasteiger partial charge in [-0.15, -0.1) is 0 Å². The topological polar surface area (TPSA) is 72.3 Å². The van der Waals surface area contributed by atoms with Gasteiger partial charge in [-0.05, 0) is 43.5 Å². The molecule has 4 nitrogen and oxygen atoms in total. The van der Waals surface area contributed by atoms with Crippen LogP contribution in [0.3, 0.4) is 0 Å². The van der Waals surface area contributed by atoms with Crippen LogP contribution in [0, 0.1) is 6.92 Å². The van der Waals surface area contributed by atoms with Crippen LogP contribution in [-0.4, -0.2) is 23.5 Å².